The smallest absolute Gasteiger partial charge is 0.266 e. The Morgan fingerprint density at radius 2 is 1.88 bits per heavy atom. The van der Waals surface area contributed by atoms with Gasteiger partial charge in [-0.1, -0.05) is 69.6 Å². The van der Waals surface area contributed by atoms with Crippen LogP contribution in [0.1, 0.15) is 45.6 Å². The molecule has 1 aliphatic carbocycles. The molecule has 0 aliphatic heterocycles. The highest BCUT2D eigenvalue weighted by Crippen LogP contribution is 2.29. The van der Waals surface area contributed by atoms with Crippen LogP contribution in [0.2, 0.25) is 0 Å². The number of thioether (sulfide) groups is 1. The maximum atomic E-state index is 13.4. The van der Waals surface area contributed by atoms with E-state index in [-0.39, 0.29) is 23.3 Å². The van der Waals surface area contributed by atoms with Crippen molar-refractivity contribution in [3.63, 3.8) is 0 Å². The largest absolute Gasteiger partial charge is 0.352 e. The van der Waals surface area contributed by atoms with Gasteiger partial charge in [-0.05, 0) is 54.5 Å². The lowest BCUT2D eigenvalue weighted by Crippen LogP contribution is -2.44. The molecule has 4 rings (SSSR count). The monoisotopic (exact) mass is 449 g/mol. The van der Waals surface area contributed by atoms with Crippen molar-refractivity contribution in [2.75, 3.05) is 5.75 Å². The van der Waals surface area contributed by atoms with Gasteiger partial charge in [0, 0.05) is 6.04 Å². The normalized spacial score (nSPS) is 20.9. The first-order chi connectivity index (χ1) is 15.5. The zero-order valence-electron chi connectivity index (χ0n) is 19.0. The standard InChI is InChI=1S/C26H31N3O2S/c1-4-19-12-14-20(15-13-19)29-25(31)21-9-5-6-10-23(21)28-26(29)32-16-24(30)27-22-11-7-8-17(2)18(22)3/h5-6,9-10,12-15,17-18,22H,4,7-8,11,16H2,1-3H3,(H,27,30). The number of benzene rings is 2. The van der Waals surface area contributed by atoms with Gasteiger partial charge in [-0.2, -0.15) is 0 Å². The van der Waals surface area contributed by atoms with Gasteiger partial charge in [0.15, 0.2) is 5.16 Å². The van der Waals surface area contributed by atoms with E-state index in [1.54, 1.807) is 10.6 Å². The van der Waals surface area contributed by atoms with E-state index in [1.807, 2.05) is 42.5 Å². The molecule has 1 aromatic heterocycles. The highest BCUT2D eigenvalue weighted by atomic mass is 32.2. The van der Waals surface area contributed by atoms with Crippen LogP contribution in [-0.4, -0.2) is 27.3 Å². The molecule has 0 radical (unpaired) electrons. The lowest BCUT2D eigenvalue weighted by atomic mass is 9.78. The molecule has 3 atom stereocenters. The van der Waals surface area contributed by atoms with Crippen LogP contribution in [0.3, 0.4) is 0 Å². The summed E-state index contributed by atoms with van der Waals surface area (Å²) in [6.45, 7) is 6.59. The summed E-state index contributed by atoms with van der Waals surface area (Å²) in [7, 11) is 0. The van der Waals surface area contributed by atoms with Crippen LogP contribution in [-0.2, 0) is 11.2 Å². The van der Waals surface area contributed by atoms with E-state index in [4.69, 9.17) is 4.98 Å². The molecule has 1 aliphatic rings. The minimum atomic E-state index is -0.113. The Balaban J connectivity index is 1.61. The highest BCUT2D eigenvalue weighted by molar-refractivity contribution is 7.99. The molecule has 6 heteroatoms. The first-order valence-electron chi connectivity index (χ1n) is 11.5. The Kier molecular flexibility index (Phi) is 6.99. The first-order valence-corrected chi connectivity index (χ1v) is 12.5. The van der Waals surface area contributed by atoms with Crippen molar-refractivity contribution >= 4 is 28.6 Å². The van der Waals surface area contributed by atoms with Gasteiger partial charge in [-0.15, -0.1) is 0 Å². The summed E-state index contributed by atoms with van der Waals surface area (Å²) in [5, 5.41) is 4.34. The lowest BCUT2D eigenvalue weighted by molar-refractivity contribution is -0.120. The minimum absolute atomic E-state index is 0.00348. The number of aryl methyl sites for hydroxylation is 1. The van der Waals surface area contributed by atoms with Crippen LogP contribution in [0, 0.1) is 11.8 Å². The van der Waals surface area contributed by atoms with Gasteiger partial charge in [-0.25, -0.2) is 4.98 Å². The fraction of sp³-hybridized carbons (Fsp3) is 0.423. The number of para-hydroxylation sites is 1. The zero-order valence-corrected chi connectivity index (χ0v) is 19.8. The molecule has 0 bridgehead atoms. The predicted octanol–water partition coefficient (Wildman–Crippen LogP) is 4.98. The number of carbonyl (C=O) groups is 1. The maximum absolute atomic E-state index is 13.4. The van der Waals surface area contributed by atoms with Crippen LogP contribution >= 0.6 is 11.8 Å². The van der Waals surface area contributed by atoms with Crippen LogP contribution < -0.4 is 10.9 Å². The molecule has 1 amide bonds. The molecule has 1 N–H and O–H groups in total. The Labute approximate surface area is 193 Å². The number of amides is 1. The molecule has 32 heavy (non-hydrogen) atoms. The molecule has 0 saturated heterocycles. The second kappa shape index (κ2) is 9.90. The van der Waals surface area contributed by atoms with E-state index in [9.17, 15) is 9.59 Å². The lowest BCUT2D eigenvalue weighted by Gasteiger charge is -2.34. The summed E-state index contributed by atoms with van der Waals surface area (Å²) in [5.41, 5.74) is 2.51. The summed E-state index contributed by atoms with van der Waals surface area (Å²) >= 11 is 1.32. The Bertz CT molecular complexity index is 1160. The van der Waals surface area contributed by atoms with Gasteiger partial charge in [0.2, 0.25) is 5.91 Å². The van der Waals surface area contributed by atoms with E-state index in [0.29, 0.717) is 27.9 Å². The minimum Gasteiger partial charge on any atom is -0.352 e. The molecule has 1 fully saturated rings. The van der Waals surface area contributed by atoms with Crippen LogP contribution in [0.25, 0.3) is 16.6 Å². The summed E-state index contributed by atoms with van der Waals surface area (Å²) in [4.78, 5) is 30.9. The Hall–Kier alpha value is -2.60. The Morgan fingerprint density at radius 3 is 2.62 bits per heavy atom. The molecule has 3 unspecified atom stereocenters. The average molecular weight is 450 g/mol. The van der Waals surface area contributed by atoms with E-state index < -0.39 is 0 Å². The van der Waals surface area contributed by atoms with E-state index >= 15 is 0 Å². The number of rotatable bonds is 6. The maximum Gasteiger partial charge on any atom is 0.266 e. The third-order valence-corrected chi connectivity index (χ3v) is 7.67. The van der Waals surface area contributed by atoms with Crippen molar-refractivity contribution in [1.29, 1.82) is 0 Å². The van der Waals surface area contributed by atoms with Gasteiger partial charge in [0.25, 0.3) is 5.56 Å². The number of hydrogen-bond donors (Lipinski definition) is 1. The summed E-state index contributed by atoms with van der Waals surface area (Å²) in [6, 6.07) is 15.6. The molecule has 3 aromatic rings. The summed E-state index contributed by atoms with van der Waals surface area (Å²) in [5.74, 6) is 1.33. The van der Waals surface area contributed by atoms with Crippen molar-refractivity contribution < 1.29 is 4.79 Å². The first kappa shape index (κ1) is 22.6. The highest BCUT2D eigenvalue weighted by Gasteiger charge is 2.28. The zero-order chi connectivity index (χ0) is 22.7. The fourth-order valence-corrected chi connectivity index (χ4v) is 5.31. The molecule has 1 saturated carbocycles. The second-order valence-corrected chi connectivity index (χ2v) is 9.74. The number of aromatic nitrogens is 2. The molecule has 5 nitrogen and oxygen atoms in total. The van der Waals surface area contributed by atoms with E-state index in [2.05, 4.69) is 26.1 Å². The summed E-state index contributed by atoms with van der Waals surface area (Å²) in [6.07, 6.45) is 4.35. The van der Waals surface area contributed by atoms with Gasteiger partial charge in [0.1, 0.15) is 0 Å². The number of nitrogens with one attached hydrogen (secondary N) is 1. The van der Waals surface area contributed by atoms with E-state index in [0.717, 1.165) is 24.9 Å². The Morgan fingerprint density at radius 1 is 1.12 bits per heavy atom. The molecular formula is C26H31N3O2S. The summed E-state index contributed by atoms with van der Waals surface area (Å²) < 4.78 is 1.63. The molecule has 1 heterocycles. The van der Waals surface area contributed by atoms with Crippen molar-refractivity contribution in [2.45, 2.75) is 57.7 Å². The molecule has 2 aromatic carbocycles. The van der Waals surface area contributed by atoms with Crippen LogP contribution in [0.15, 0.2) is 58.5 Å². The number of fused-ring (bicyclic) bond motifs is 1. The van der Waals surface area contributed by atoms with Gasteiger partial charge >= 0.3 is 0 Å². The topological polar surface area (TPSA) is 64.0 Å². The number of hydrogen-bond acceptors (Lipinski definition) is 4. The number of nitrogens with zero attached hydrogens (tertiary/aromatic N) is 2. The molecule has 168 valence electrons. The van der Waals surface area contributed by atoms with E-state index in [1.165, 1.54) is 23.7 Å². The van der Waals surface area contributed by atoms with Crippen molar-refractivity contribution in [2.24, 2.45) is 11.8 Å². The van der Waals surface area contributed by atoms with Crippen molar-refractivity contribution in [1.82, 2.24) is 14.9 Å². The predicted molar refractivity (Wildman–Crippen MR) is 132 cm³/mol. The van der Waals surface area contributed by atoms with Crippen molar-refractivity contribution in [3.8, 4) is 5.69 Å². The second-order valence-electron chi connectivity index (χ2n) is 8.80. The SMILES string of the molecule is CCc1ccc(-n2c(SCC(=O)NC3CCCC(C)C3C)nc3ccccc3c2=O)cc1. The van der Waals surface area contributed by atoms with Gasteiger partial charge in [-0.3, -0.25) is 14.2 Å². The van der Waals surface area contributed by atoms with Gasteiger partial charge < -0.3 is 5.32 Å². The third kappa shape index (κ3) is 4.75. The molecule has 0 spiro atoms. The fourth-order valence-electron chi connectivity index (χ4n) is 4.48. The quantitative estimate of drug-likeness (QED) is 0.426. The number of carbonyl (C=O) groups excluding carboxylic acids is 1. The molecular weight excluding hydrogens is 418 g/mol. The third-order valence-electron chi connectivity index (χ3n) is 6.73. The van der Waals surface area contributed by atoms with Crippen molar-refractivity contribution in [3.05, 3.63) is 64.4 Å². The van der Waals surface area contributed by atoms with Crippen LogP contribution in [0.4, 0.5) is 0 Å². The van der Waals surface area contributed by atoms with Gasteiger partial charge in [0.05, 0.1) is 22.3 Å². The average Bonchev–Trinajstić information content (AvgIpc) is 2.81. The van der Waals surface area contributed by atoms with Crippen LogP contribution in [0.5, 0.6) is 0 Å².